The number of carboxylic acids is 1. The summed E-state index contributed by atoms with van der Waals surface area (Å²) in [5.74, 6) is -2.03. The number of rotatable bonds is 10. The van der Waals surface area contributed by atoms with Gasteiger partial charge in [0.1, 0.15) is 11.9 Å². The molecule has 0 fully saturated rings. The first kappa shape index (κ1) is 25.8. The summed E-state index contributed by atoms with van der Waals surface area (Å²) in [5.41, 5.74) is 0.744. The second-order valence-electron chi connectivity index (χ2n) is 7.46. The number of aromatic hydroxyl groups is 1. The molecular weight excluding hydrogens is 521 g/mol. The van der Waals surface area contributed by atoms with E-state index in [1.807, 2.05) is 6.07 Å². The van der Waals surface area contributed by atoms with E-state index in [0.29, 0.717) is 17.9 Å². The van der Waals surface area contributed by atoms with E-state index < -0.39 is 35.8 Å². The summed E-state index contributed by atoms with van der Waals surface area (Å²) < 4.78 is 26.9. The molecule has 3 aromatic rings. The second kappa shape index (κ2) is 12.6. The number of allylic oxidation sites excluding steroid dienone is 1. The molecule has 182 valence electrons. The van der Waals surface area contributed by atoms with Crippen LogP contribution in [0.5, 0.6) is 11.5 Å². The molecule has 0 saturated carbocycles. The van der Waals surface area contributed by atoms with E-state index >= 15 is 0 Å². The summed E-state index contributed by atoms with van der Waals surface area (Å²) in [6, 6.07) is 19.3. The van der Waals surface area contributed by atoms with Gasteiger partial charge < -0.3 is 19.7 Å². The number of halogens is 2. The van der Waals surface area contributed by atoms with Crippen LogP contribution in [-0.2, 0) is 9.53 Å². The van der Waals surface area contributed by atoms with Crippen LogP contribution in [0.1, 0.15) is 24.5 Å². The van der Waals surface area contributed by atoms with E-state index in [2.05, 4.69) is 21.2 Å². The minimum atomic E-state index is -1.09. The molecule has 0 heterocycles. The third-order valence-electron chi connectivity index (χ3n) is 4.87. The number of para-hydroxylation sites is 1. The van der Waals surface area contributed by atoms with Crippen molar-refractivity contribution in [1.82, 2.24) is 0 Å². The van der Waals surface area contributed by atoms with Crippen molar-refractivity contribution in [3.8, 4) is 11.5 Å². The summed E-state index contributed by atoms with van der Waals surface area (Å²) in [7, 11) is 0. The Balaban J connectivity index is 1.90. The number of ether oxygens (including phenoxy) is 2. The topological polar surface area (TPSA) is 105 Å². The number of amides is 1. The monoisotopic (exact) mass is 543 g/mol. The first-order valence-corrected chi connectivity index (χ1v) is 11.4. The van der Waals surface area contributed by atoms with Gasteiger partial charge in [-0.3, -0.25) is 5.32 Å². The smallest absolute Gasteiger partial charge is 0.412 e. The highest BCUT2D eigenvalue weighted by Crippen LogP contribution is 2.31. The quantitative estimate of drug-likeness (QED) is 0.254. The van der Waals surface area contributed by atoms with Crippen LogP contribution in [0.4, 0.5) is 14.9 Å². The summed E-state index contributed by atoms with van der Waals surface area (Å²) in [6.07, 6.45) is 0.314. The fraction of sp³-hybridized carbons (Fsp3) is 0.154. The summed E-state index contributed by atoms with van der Waals surface area (Å²) in [4.78, 5) is 23.6. The highest BCUT2D eigenvalue weighted by atomic mass is 79.9. The van der Waals surface area contributed by atoms with Gasteiger partial charge >= 0.3 is 12.1 Å². The number of anilines is 1. The Morgan fingerprint density at radius 1 is 1.06 bits per heavy atom. The Morgan fingerprint density at radius 3 is 2.43 bits per heavy atom. The van der Waals surface area contributed by atoms with Gasteiger partial charge in [0, 0.05) is 16.2 Å². The maximum atomic E-state index is 14.2. The molecule has 0 bridgehead atoms. The predicted molar refractivity (Wildman–Crippen MR) is 132 cm³/mol. The minimum Gasteiger partial charge on any atom is -0.505 e. The van der Waals surface area contributed by atoms with Crippen LogP contribution < -0.4 is 10.1 Å². The summed E-state index contributed by atoms with van der Waals surface area (Å²) in [6.45, 7) is 0. The van der Waals surface area contributed by atoms with Crippen LogP contribution in [0.25, 0.3) is 0 Å². The molecule has 0 spiro atoms. The molecule has 7 nitrogen and oxygen atoms in total. The number of aliphatic carboxylic acids is 1. The fourth-order valence-corrected chi connectivity index (χ4v) is 3.51. The first-order valence-electron chi connectivity index (χ1n) is 10.6. The zero-order valence-electron chi connectivity index (χ0n) is 18.4. The third kappa shape index (κ3) is 8.15. The molecule has 0 aliphatic carbocycles. The first-order chi connectivity index (χ1) is 16.8. The number of phenols is 1. The maximum absolute atomic E-state index is 14.2. The number of benzene rings is 3. The number of hydrogen-bond acceptors (Lipinski definition) is 5. The molecule has 0 aliphatic heterocycles. The lowest BCUT2D eigenvalue weighted by atomic mass is 9.99. The maximum Gasteiger partial charge on any atom is 0.412 e. The lowest BCUT2D eigenvalue weighted by Gasteiger charge is -2.28. The largest absolute Gasteiger partial charge is 0.505 e. The summed E-state index contributed by atoms with van der Waals surface area (Å²) in [5, 5.41) is 21.1. The lowest BCUT2D eigenvalue weighted by molar-refractivity contribution is -0.131. The highest BCUT2D eigenvalue weighted by molar-refractivity contribution is 9.10. The van der Waals surface area contributed by atoms with Crippen LogP contribution in [-0.4, -0.2) is 28.4 Å². The van der Waals surface area contributed by atoms with Crippen molar-refractivity contribution in [1.29, 1.82) is 0 Å². The Labute approximate surface area is 209 Å². The molecule has 0 unspecified atom stereocenters. The zero-order chi connectivity index (χ0) is 25.2. The van der Waals surface area contributed by atoms with Crippen molar-refractivity contribution < 1.29 is 33.7 Å². The van der Waals surface area contributed by atoms with Gasteiger partial charge in [-0.2, -0.15) is 0 Å². The van der Waals surface area contributed by atoms with E-state index in [9.17, 15) is 19.1 Å². The molecule has 0 saturated heterocycles. The number of hydrogen-bond donors (Lipinski definition) is 3. The van der Waals surface area contributed by atoms with E-state index in [1.54, 1.807) is 48.5 Å². The Kier molecular flexibility index (Phi) is 9.25. The summed E-state index contributed by atoms with van der Waals surface area (Å²) >= 11 is 3.33. The van der Waals surface area contributed by atoms with Crippen molar-refractivity contribution >= 4 is 33.7 Å². The normalized spacial score (nSPS) is 12.6. The minimum absolute atomic E-state index is 0.247. The molecule has 9 heteroatoms. The van der Waals surface area contributed by atoms with Crippen LogP contribution in [0, 0.1) is 5.82 Å². The van der Waals surface area contributed by atoms with Gasteiger partial charge in [0.2, 0.25) is 0 Å². The number of carbonyl (C=O) groups excluding carboxylic acids is 1. The van der Waals surface area contributed by atoms with E-state index in [-0.39, 0.29) is 12.0 Å². The van der Waals surface area contributed by atoms with E-state index in [4.69, 9.17) is 14.6 Å². The van der Waals surface area contributed by atoms with Crippen molar-refractivity contribution in [3.05, 3.63) is 101 Å². The van der Waals surface area contributed by atoms with Gasteiger partial charge in [0.25, 0.3) is 0 Å². The van der Waals surface area contributed by atoms with Gasteiger partial charge in [-0.25, -0.2) is 14.0 Å². The molecule has 1 amide bonds. The van der Waals surface area contributed by atoms with Crippen molar-refractivity contribution in [3.63, 3.8) is 0 Å². The van der Waals surface area contributed by atoms with Crippen LogP contribution in [0.2, 0.25) is 0 Å². The van der Waals surface area contributed by atoms with Gasteiger partial charge in [0.15, 0.2) is 17.7 Å². The average molecular weight is 544 g/mol. The van der Waals surface area contributed by atoms with Gasteiger partial charge in [-0.15, -0.1) is 0 Å². The Morgan fingerprint density at radius 2 is 1.77 bits per heavy atom. The molecule has 0 radical (unpaired) electrons. The number of carbonyl (C=O) groups is 2. The van der Waals surface area contributed by atoms with E-state index in [0.717, 1.165) is 22.7 Å². The zero-order valence-corrected chi connectivity index (χ0v) is 20.0. The Bertz CT molecular complexity index is 1170. The molecule has 35 heavy (non-hydrogen) atoms. The number of carboxylic acid groups (broad SMARTS) is 1. The Hall–Kier alpha value is -3.85. The molecular formula is C26H23BrFNO6. The van der Waals surface area contributed by atoms with E-state index in [1.165, 1.54) is 12.1 Å². The average Bonchev–Trinajstić information content (AvgIpc) is 2.83. The molecule has 3 N–H and O–H groups in total. The van der Waals surface area contributed by atoms with Crippen LogP contribution >= 0.6 is 15.9 Å². The predicted octanol–water partition coefficient (Wildman–Crippen LogP) is 6.45. The van der Waals surface area contributed by atoms with Gasteiger partial charge in [-0.05, 0) is 66.9 Å². The van der Waals surface area contributed by atoms with Crippen molar-refractivity contribution in [2.45, 2.75) is 25.0 Å². The van der Waals surface area contributed by atoms with Crippen molar-refractivity contribution in [2.75, 3.05) is 5.32 Å². The highest BCUT2D eigenvalue weighted by Gasteiger charge is 2.30. The second-order valence-corrected chi connectivity index (χ2v) is 8.37. The SMILES string of the molecule is O=C(O)/C=C/CC[C@@H](Oc1ccccc1)[C@H](OC(=O)Nc1ccc(Br)cc1)c1ccc(O)c(F)c1. The number of phenolic OH excluding ortho intramolecular Hbond substituents is 1. The fourth-order valence-electron chi connectivity index (χ4n) is 3.25. The lowest BCUT2D eigenvalue weighted by Crippen LogP contribution is -2.31. The molecule has 3 rings (SSSR count). The molecule has 0 aliphatic rings. The van der Waals surface area contributed by atoms with Crippen LogP contribution in [0.3, 0.4) is 0 Å². The van der Waals surface area contributed by atoms with Gasteiger partial charge in [-0.1, -0.05) is 46.3 Å². The molecule has 2 atom stereocenters. The molecule has 0 aromatic heterocycles. The van der Waals surface area contributed by atoms with Gasteiger partial charge in [0.05, 0.1) is 0 Å². The van der Waals surface area contributed by atoms with Crippen LogP contribution in [0.15, 0.2) is 89.4 Å². The molecule has 3 aromatic carbocycles. The number of nitrogens with one attached hydrogen (secondary N) is 1. The van der Waals surface area contributed by atoms with Crippen molar-refractivity contribution in [2.24, 2.45) is 0 Å². The standard InChI is InChI=1S/C26H23BrFNO6/c27-18-11-13-19(14-12-18)29-26(33)35-25(17-10-15-22(30)21(28)16-17)23(8-4-5-9-24(31)32)34-20-6-2-1-3-7-20/h1-3,5-7,9-16,23,25,30H,4,8H2,(H,29,33)(H,31,32)/b9-5+/t23-,25-/m1/s1. The third-order valence-corrected chi connectivity index (χ3v) is 5.40.